The zero-order chi connectivity index (χ0) is 27.2. The average molecular weight is 693 g/mol. The van der Waals surface area contributed by atoms with Crippen LogP contribution in [0.1, 0.15) is 35.8 Å². The summed E-state index contributed by atoms with van der Waals surface area (Å²) in [5.41, 5.74) is 2.56. The summed E-state index contributed by atoms with van der Waals surface area (Å²) in [4.78, 5) is 12.8. The fourth-order valence-corrected chi connectivity index (χ4v) is 4.97. The lowest BCUT2D eigenvalue weighted by Gasteiger charge is -2.19. The van der Waals surface area contributed by atoms with Crippen LogP contribution in [-0.2, 0) is 29.2 Å². The molecule has 206 valence electrons. The van der Waals surface area contributed by atoms with Gasteiger partial charge in [0.15, 0.2) is 6.04 Å². The van der Waals surface area contributed by atoms with Crippen LogP contribution >= 0.6 is 58.0 Å². The average Bonchev–Trinajstić information content (AvgIpc) is 3.35. The summed E-state index contributed by atoms with van der Waals surface area (Å²) in [5.74, 6) is -0.103. The number of nitrogens with zero attached hydrogens (tertiary/aromatic N) is 2. The van der Waals surface area contributed by atoms with Crippen LogP contribution in [0, 0.1) is 0 Å². The molecule has 0 fully saturated rings. The van der Waals surface area contributed by atoms with Crippen LogP contribution < -0.4 is 26.9 Å². The highest BCUT2D eigenvalue weighted by atomic mass is 79.9. The maximum atomic E-state index is 12.8. The minimum Gasteiger partial charge on any atom is -1.00 e. The molecular formula is C28H25BrCl5N3O2. The van der Waals surface area contributed by atoms with Gasteiger partial charge in [0, 0.05) is 37.2 Å². The Morgan fingerprint density at radius 3 is 2.23 bits per heavy atom. The Balaban J connectivity index is 0.00000420. The molecule has 0 saturated carbocycles. The van der Waals surface area contributed by atoms with Crippen LogP contribution in [-0.4, -0.2) is 10.5 Å². The van der Waals surface area contributed by atoms with Crippen LogP contribution in [0.2, 0.25) is 25.1 Å². The number of imidazole rings is 1. The third-order valence-corrected chi connectivity index (χ3v) is 7.46. The highest BCUT2D eigenvalue weighted by Crippen LogP contribution is 2.31. The standard InChI is InChI=1S/C28H24Cl5N3O2.BrH/c1-18(28(37)34-14-19-2-5-21(29)6-3-19)36-11-10-35(17-36)15-27(24-9-8-23(31)13-26(24)33)38-16-20-4-7-22(30)12-25(20)32;/h2-13,17-18,27H,14-16H2,1H3;1H. The molecule has 2 unspecified atom stereocenters. The lowest BCUT2D eigenvalue weighted by molar-refractivity contribution is -0.705. The summed E-state index contributed by atoms with van der Waals surface area (Å²) in [7, 11) is 0. The molecule has 0 saturated heterocycles. The van der Waals surface area contributed by atoms with Crippen molar-refractivity contribution in [2.24, 2.45) is 0 Å². The second-order valence-electron chi connectivity index (χ2n) is 8.78. The van der Waals surface area contributed by atoms with Crippen molar-refractivity contribution >= 4 is 63.9 Å². The van der Waals surface area contributed by atoms with E-state index in [-0.39, 0.29) is 29.5 Å². The molecule has 39 heavy (non-hydrogen) atoms. The third kappa shape index (κ3) is 8.86. The molecule has 0 spiro atoms. The van der Waals surface area contributed by atoms with E-state index in [9.17, 15) is 4.79 Å². The summed E-state index contributed by atoms with van der Waals surface area (Å²) in [6, 6.07) is 17.5. The molecule has 1 amide bonds. The number of rotatable bonds is 10. The first-order valence-corrected chi connectivity index (χ1v) is 13.7. The first kappa shape index (κ1) is 31.8. The molecule has 0 aliphatic carbocycles. The van der Waals surface area contributed by atoms with Crippen LogP contribution in [0.4, 0.5) is 0 Å². The minimum atomic E-state index is -0.421. The van der Waals surface area contributed by atoms with Crippen molar-refractivity contribution in [3.8, 4) is 0 Å². The molecule has 0 aliphatic heterocycles. The number of nitrogens with one attached hydrogen (secondary N) is 1. The Kier molecular flexibility index (Phi) is 12.0. The summed E-state index contributed by atoms with van der Waals surface area (Å²) < 4.78 is 10.1. The van der Waals surface area contributed by atoms with Crippen LogP contribution in [0.3, 0.4) is 0 Å². The van der Waals surface area contributed by atoms with Crippen LogP contribution in [0.25, 0.3) is 0 Å². The quantitative estimate of drug-likeness (QED) is 0.241. The Labute approximate surface area is 263 Å². The zero-order valence-electron chi connectivity index (χ0n) is 20.8. The van der Waals surface area contributed by atoms with Crippen molar-refractivity contribution in [3.05, 3.63) is 121 Å². The molecule has 1 N–H and O–H groups in total. The number of benzene rings is 3. The molecule has 4 aromatic rings. The van der Waals surface area contributed by atoms with Gasteiger partial charge in [0.2, 0.25) is 6.33 Å². The number of amides is 1. The van der Waals surface area contributed by atoms with Gasteiger partial charge in [-0.05, 0) is 54.4 Å². The first-order valence-electron chi connectivity index (χ1n) is 11.8. The maximum Gasteiger partial charge on any atom is 0.265 e. The van der Waals surface area contributed by atoms with Gasteiger partial charge in [0.05, 0.1) is 6.61 Å². The van der Waals surface area contributed by atoms with Crippen molar-refractivity contribution < 1.29 is 31.1 Å². The fourth-order valence-electron chi connectivity index (χ4n) is 3.85. The lowest BCUT2D eigenvalue weighted by Crippen LogP contribution is -3.00. The Morgan fingerprint density at radius 1 is 0.923 bits per heavy atom. The minimum absolute atomic E-state index is 0. The number of carbonyl (C=O) groups is 1. The smallest absolute Gasteiger partial charge is 0.265 e. The molecule has 11 heteroatoms. The van der Waals surface area contributed by atoms with E-state index in [0.717, 1.165) is 16.7 Å². The molecule has 3 aromatic carbocycles. The summed E-state index contributed by atoms with van der Waals surface area (Å²) in [6.07, 6.45) is 5.19. The number of carbonyl (C=O) groups excluding carboxylic acids is 1. The SMILES string of the molecule is CC(C(=O)NCc1ccc(Cl)cc1)n1cc[n+](CC(OCc2ccc(Cl)cc2Cl)c2ccc(Cl)cc2Cl)c1.[Br-]. The van der Waals surface area contributed by atoms with E-state index >= 15 is 0 Å². The van der Waals surface area contributed by atoms with Gasteiger partial charge in [-0.25, -0.2) is 9.13 Å². The molecular weight excluding hydrogens is 667 g/mol. The van der Waals surface area contributed by atoms with E-state index in [1.807, 2.05) is 59.0 Å². The van der Waals surface area contributed by atoms with Crippen LogP contribution in [0.5, 0.6) is 0 Å². The van der Waals surface area contributed by atoms with Gasteiger partial charge in [-0.2, -0.15) is 0 Å². The summed E-state index contributed by atoms with van der Waals surface area (Å²) >= 11 is 31.0. The second kappa shape index (κ2) is 14.7. The molecule has 1 heterocycles. The first-order chi connectivity index (χ1) is 18.2. The van der Waals surface area contributed by atoms with Crippen molar-refractivity contribution in [3.63, 3.8) is 0 Å². The van der Waals surface area contributed by atoms with Gasteiger partial charge >= 0.3 is 0 Å². The number of ether oxygens (including phenoxy) is 1. The fraction of sp³-hybridized carbons (Fsp3) is 0.214. The second-order valence-corrected chi connectivity index (χ2v) is 10.9. The van der Waals surface area contributed by atoms with E-state index in [0.29, 0.717) is 38.2 Å². The summed E-state index contributed by atoms with van der Waals surface area (Å²) in [5, 5.41) is 5.74. The molecule has 5 nitrogen and oxygen atoms in total. The Bertz CT molecular complexity index is 1410. The molecule has 1 aromatic heterocycles. The van der Waals surface area contributed by atoms with Gasteiger partial charge in [-0.1, -0.05) is 82.3 Å². The molecule has 4 rings (SSSR count). The Hall–Kier alpha value is -1.77. The highest BCUT2D eigenvalue weighted by molar-refractivity contribution is 6.35. The van der Waals surface area contributed by atoms with Crippen molar-refractivity contribution in [2.45, 2.75) is 38.8 Å². The van der Waals surface area contributed by atoms with Gasteiger partial charge in [-0.15, -0.1) is 0 Å². The van der Waals surface area contributed by atoms with E-state index < -0.39 is 12.1 Å². The molecule has 0 bridgehead atoms. The molecule has 0 aliphatic rings. The van der Waals surface area contributed by atoms with Crippen molar-refractivity contribution in [1.29, 1.82) is 0 Å². The number of hydrogen-bond donors (Lipinski definition) is 1. The molecule has 0 radical (unpaired) electrons. The van der Waals surface area contributed by atoms with Gasteiger partial charge < -0.3 is 27.0 Å². The van der Waals surface area contributed by atoms with Crippen molar-refractivity contribution in [1.82, 2.24) is 9.88 Å². The van der Waals surface area contributed by atoms with Crippen molar-refractivity contribution in [2.75, 3.05) is 0 Å². The van der Waals surface area contributed by atoms with E-state index in [2.05, 4.69) is 5.32 Å². The predicted octanol–water partition coefficient (Wildman–Crippen LogP) is 4.88. The third-order valence-electron chi connectivity index (χ3n) is 6.06. The highest BCUT2D eigenvalue weighted by Gasteiger charge is 2.23. The van der Waals surface area contributed by atoms with Gasteiger partial charge in [-0.3, -0.25) is 4.79 Å². The Morgan fingerprint density at radius 2 is 1.56 bits per heavy atom. The topological polar surface area (TPSA) is 47.1 Å². The number of hydrogen-bond acceptors (Lipinski definition) is 2. The van der Waals surface area contributed by atoms with E-state index in [4.69, 9.17) is 62.7 Å². The summed E-state index contributed by atoms with van der Waals surface area (Å²) in [6.45, 7) is 2.96. The van der Waals surface area contributed by atoms with E-state index in [1.54, 1.807) is 36.4 Å². The molecule has 2 atom stereocenters. The maximum absolute atomic E-state index is 12.8. The largest absolute Gasteiger partial charge is 1.00 e. The van der Waals surface area contributed by atoms with E-state index in [1.165, 1.54) is 0 Å². The zero-order valence-corrected chi connectivity index (χ0v) is 26.1. The number of aromatic nitrogens is 2. The normalized spacial score (nSPS) is 12.5. The van der Waals surface area contributed by atoms with Gasteiger partial charge in [0.25, 0.3) is 5.91 Å². The monoisotopic (exact) mass is 689 g/mol. The van der Waals surface area contributed by atoms with Crippen LogP contribution in [0.15, 0.2) is 79.4 Å². The lowest BCUT2D eigenvalue weighted by atomic mass is 10.1. The number of halogens is 6. The van der Waals surface area contributed by atoms with Gasteiger partial charge in [0.1, 0.15) is 25.0 Å². The predicted molar refractivity (Wildman–Crippen MR) is 153 cm³/mol.